The van der Waals surface area contributed by atoms with E-state index in [1.165, 1.54) is 5.56 Å². The molecule has 1 aliphatic heterocycles. The fourth-order valence-electron chi connectivity index (χ4n) is 5.74. The maximum absolute atomic E-state index is 13.3. The van der Waals surface area contributed by atoms with E-state index in [9.17, 15) is 9.59 Å². The molecule has 1 fully saturated rings. The summed E-state index contributed by atoms with van der Waals surface area (Å²) in [5, 5.41) is 12.1. The number of carbonyl (C=O) groups excluding carboxylic acids is 2. The molecule has 2 heterocycles. The summed E-state index contributed by atoms with van der Waals surface area (Å²) in [5.74, 6) is 1.85. The van der Waals surface area contributed by atoms with E-state index >= 15 is 0 Å². The normalized spacial score (nSPS) is 15.1. The number of thioether (sulfide) groups is 1. The van der Waals surface area contributed by atoms with E-state index in [0.29, 0.717) is 31.6 Å². The first-order chi connectivity index (χ1) is 21.5. The minimum Gasteiger partial charge on any atom is -0.339 e. The van der Waals surface area contributed by atoms with Crippen LogP contribution in [0.5, 0.6) is 0 Å². The summed E-state index contributed by atoms with van der Waals surface area (Å²) < 4.78 is 2.12. The lowest BCUT2D eigenvalue weighted by Crippen LogP contribution is -2.55. The molecular weight excluding hydrogens is 566 g/mol. The summed E-state index contributed by atoms with van der Waals surface area (Å²) >= 11 is 1.67. The lowest BCUT2D eigenvalue weighted by Gasteiger charge is -2.40. The average Bonchev–Trinajstić information content (AvgIpc) is 3.48. The number of fused-ring (bicyclic) bond motifs is 1. The maximum atomic E-state index is 13.3. The van der Waals surface area contributed by atoms with Crippen LogP contribution in [0.2, 0.25) is 0 Å². The van der Waals surface area contributed by atoms with Crippen LogP contribution in [0, 0.1) is 6.92 Å². The van der Waals surface area contributed by atoms with Crippen molar-refractivity contribution in [1.82, 2.24) is 24.6 Å². The second-order valence-corrected chi connectivity index (χ2v) is 12.5. The molecule has 8 heteroatoms. The SMILES string of the molecule is Cc1ccc(-n2c(SCCCCC(=O)N3CCN(C(=O)c4ccc5ccccc5c4)C(C)C3)nnc2-c2ccccc2)cc1. The van der Waals surface area contributed by atoms with Gasteiger partial charge in [-0.3, -0.25) is 14.2 Å². The highest BCUT2D eigenvalue weighted by atomic mass is 32.2. The maximum Gasteiger partial charge on any atom is 0.254 e. The minimum atomic E-state index is -0.0332. The van der Waals surface area contributed by atoms with Crippen molar-refractivity contribution in [2.75, 3.05) is 25.4 Å². The first-order valence-corrected chi connectivity index (χ1v) is 16.2. The number of carbonyl (C=O) groups is 2. The fraction of sp³-hybridized carbons (Fsp3) is 0.278. The minimum absolute atomic E-state index is 0.0290. The van der Waals surface area contributed by atoms with E-state index in [-0.39, 0.29) is 17.9 Å². The van der Waals surface area contributed by atoms with Gasteiger partial charge in [-0.25, -0.2) is 0 Å². The molecule has 0 N–H and O–H groups in total. The molecule has 44 heavy (non-hydrogen) atoms. The Labute approximate surface area is 262 Å². The number of nitrogens with zero attached hydrogens (tertiary/aromatic N) is 5. The summed E-state index contributed by atoms with van der Waals surface area (Å²) in [7, 11) is 0. The van der Waals surface area contributed by atoms with Crippen LogP contribution >= 0.6 is 11.8 Å². The molecular formula is C36H37N5O2S. The van der Waals surface area contributed by atoms with E-state index in [1.807, 2.05) is 71.3 Å². The van der Waals surface area contributed by atoms with Crippen LogP contribution < -0.4 is 0 Å². The topological polar surface area (TPSA) is 71.3 Å². The van der Waals surface area contributed by atoms with Crippen LogP contribution in [-0.2, 0) is 4.79 Å². The highest BCUT2D eigenvalue weighted by Crippen LogP contribution is 2.29. The zero-order valence-corrected chi connectivity index (χ0v) is 26.0. The molecule has 5 aromatic rings. The number of amides is 2. The van der Waals surface area contributed by atoms with Gasteiger partial charge >= 0.3 is 0 Å². The third-order valence-electron chi connectivity index (χ3n) is 8.21. The van der Waals surface area contributed by atoms with Crippen molar-refractivity contribution in [2.45, 2.75) is 44.3 Å². The monoisotopic (exact) mass is 603 g/mol. The Balaban J connectivity index is 1.01. The van der Waals surface area contributed by atoms with Crippen molar-refractivity contribution in [2.24, 2.45) is 0 Å². The standard InChI is InChI=1S/C36H37N5O2S/c1-26-15-19-32(20-16-26)41-34(29-11-4-3-5-12-29)37-38-36(41)44-23-9-8-14-33(42)39-21-22-40(27(2)25-39)35(43)31-18-17-28-10-6-7-13-30(28)24-31/h3-7,10-13,15-20,24,27H,8-9,14,21-23,25H2,1-2H3. The Morgan fingerprint density at radius 2 is 1.59 bits per heavy atom. The van der Waals surface area contributed by atoms with Gasteiger partial charge in [0.2, 0.25) is 5.91 Å². The first kappa shape index (κ1) is 29.6. The molecule has 7 nitrogen and oxygen atoms in total. The molecule has 224 valence electrons. The highest BCUT2D eigenvalue weighted by Gasteiger charge is 2.30. The second kappa shape index (κ2) is 13.5. The predicted octanol–water partition coefficient (Wildman–Crippen LogP) is 7.03. The van der Waals surface area contributed by atoms with Gasteiger partial charge in [-0.05, 0) is 61.7 Å². The van der Waals surface area contributed by atoms with Gasteiger partial charge < -0.3 is 9.80 Å². The van der Waals surface area contributed by atoms with Crippen molar-refractivity contribution < 1.29 is 9.59 Å². The lowest BCUT2D eigenvalue weighted by atomic mass is 10.0. The summed E-state index contributed by atoms with van der Waals surface area (Å²) in [6, 6.07) is 32.4. The summed E-state index contributed by atoms with van der Waals surface area (Å²) in [6.45, 7) is 5.79. The van der Waals surface area contributed by atoms with E-state index < -0.39 is 0 Å². The smallest absolute Gasteiger partial charge is 0.254 e. The van der Waals surface area contributed by atoms with E-state index in [4.69, 9.17) is 0 Å². The highest BCUT2D eigenvalue weighted by molar-refractivity contribution is 7.99. The van der Waals surface area contributed by atoms with Crippen LogP contribution in [0.1, 0.15) is 42.1 Å². The number of piperazine rings is 1. The van der Waals surface area contributed by atoms with Crippen LogP contribution in [0.3, 0.4) is 0 Å². The molecule has 0 radical (unpaired) electrons. The molecule has 1 unspecified atom stereocenters. The number of unbranched alkanes of at least 4 members (excludes halogenated alkanes) is 1. The van der Waals surface area contributed by atoms with Gasteiger partial charge in [0, 0.05) is 54.7 Å². The Morgan fingerprint density at radius 3 is 2.36 bits per heavy atom. The molecule has 0 bridgehead atoms. The number of rotatable bonds is 9. The zero-order valence-electron chi connectivity index (χ0n) is 25.2. The zero-order chi connectivity index (χ0) is 30.5. The molecule has 6 rings (SSSR count). The number of benzene rings is 4. The van der Waals surface area contributed by atoms with Gasteiger partial charge in [0.05, 0.1) is 0 Å². The molecule has 2 amide bonds. The lowest BCUT2D eigenvalue weighted by molar-refractivity contribution is -0.133. The number of aryl methyl sites for hydroxylation is 1. The molecule has 4 aromatic carbocycles. The van der Waals surface area contributed by atoms with Gasteiger partial charge in [-0.1, -0.05) is 90.1 Å². The molecule has 1 aliphatic rings. The molecule has 1 aromatic heterocycles. The van der Waals surface area contributed by atoms with E-state index in [2.05, 4.69) is 64.2 Å². The molecule has 0 saturated carbocycles. The summed E-state index contributed by atoms with van der Waals surface area (Å²) in [4.78, 5) is 30.2. The van der Waals surface area contributed by atoms with E-state index in [0.717, 1.165) is 51.6 Å². The third-order valence-corrected chi connectivity index (χ3v) is 9.23. The van der Waals surface area contributed by atoms with Crippen molar-refractivity contribution in [3.05, 3.63) is 108 Å². The van der Waals surface area contributed by atoms with Gasteiger partial charge in [-0.2, -0.15) is 0 Å². The number of aromatic nitrogens is 3. The first-order valence-electron chi connectivity index (χ1n) is 15.3. The van der Waals surface area contributed by atoms with Gasteiger partial charge in [0.25, 0.3) is 5.91 Å². The second-order valence-electron chi connectivity index (χ2n) is 11.4. The number of hydrogen-bond donors (Lipinski definition) is 0. The molecule has 1 atom stereocenters. The Bertz CT molecular complexity index is 1750. The Kier molecular flexibility index (Phi) is 9.07. The quantitative estimate of drug-likeness (QED) is 0.134. The van der Waals surface area contributed by atoms with Crippen LogP contribution in [0.15, 0.2) is 102 Å². The van der Waals surface area contributed by atoms with Crippen molar-refractivity contribution in [3.63, 3.8) is 0 Å². The number of hydrogen-bond acceptors (Lipinski definition) is 5. The van der Waals surface area contributed by atoms with Crippen molar-refractivity contribution >= 4 is 34.3 Å². The van der Waals surface area contributed by atoms with Crippen LogP contribution in [0.25, 0.3) is 27.8 Å². The molecule has 0 aliphatic carbocycles. The van der Waals surface area contributed by atoms with Crippen molar-refractivity contribution in [1.29, 1.82) is 0 Å². The third kappa shape index (κ3) is 6.55. The fourth-order valence-corrected chi connectivity index (χ4v) is 6.69. The largest absolute Gasteiger partial charge is 0.339 e. The summed E-state index contributed by atoms with van der Waals surface area (Å²) in [6.07, 6.45) is 2.21. The van der Waals surface area contributed by atoms with Crippen LogP contribution in [0.4, 0.5) is 0 Å². The average molecular weight is 604 g/mol. The van der Waals surface area contributed by atoms with Gasteiger partial charge in [-0.15, -0.1) is 10.2 Å². The van der Waals surface area contributed by atoms with E-state index in [1.54, 1.807) is 11.8 Å². The van der Waals surface area contributed by atoms with Gasteiger partial charge in [0.15, 0.2) is 11.0 Å². The Morgan fingerprint density at radius 1 is 0.841 bits per heavy atom. The predicted molar refractivity (Wildman–Crippen MR) is 177 cm³/mol. The molecule has 0 spiro atoms. The molecule has 1 saturated heterocycles. The summed E-state index contributed by atoms with van der Waals surface area (Å²) in [5.41, 5.74) is 3.95. The van der Waals surface area contributed by atoms with Crippen LogP contribution in [-0.4, -0.2) is 67.8 Å². The Hall–Kier alpha value is -4.43. The van der Waals surface area contributed by atoms with Gasteiger partial charge in [0.1, 0.15) is 0 Å². The van der Waals surface area contributed by atoms with Crippen molar-refractivity contribution in [3.8, 4) is 17.1 Å².